The van der Waals surface area contributed by atoms with Gasteiger partial charge >= 0.3 is 0 Å². The summed E-state index contributed by atoms with van der Waals surface area (Å²) in [7, 11) is 2.99. The average Bonchev–Trinajstić information content (AvgIpc) is 2.46. The number of nitrogens with one attached hydrogen (secondary N) is 1. The smallest absolute Gasteiger partial charge is 0.263 e. The van der Waals surface area contributed by atoms with Crippen molar-refractivity contribution in [1.29, 1.82) is 0 Å². The second-order valence-corrected chi connectivity index (χ2v) is 4.20. The second kappa shape index (κ2) is 6.04. The van der Waals surface area contributed by atoms with Crippen LogP contribution in [0.1, 0.15) is 10.4 Å². The summed E-state index contributed by atoms with van der Waals surface area (Å²) >= 11 is 0. The van der Waals surface area contributed by atoms with Crippen LogP contribution < -0.4 is 14.8 Å². The van der Waals surface area contributed by atoms with Crippen LogP contribution in [-0.2, 0) is 0 Å². The number of phenolic OH excluding ortho intramolecular Hbond substituents is 2. The summed E-state index contributed by atoms with van der Waals surface area (Å²) in [6, 6.07) is 8.92. The Labute approximate surface area is 121 Å². The lowest BCUT2D eigenvalue weighted by Crippen LogP contribution is -2.12. The van der Waals surface area contributed by atoms with Crippen molar-refractivity contribution in [3.05, 3.63) is 42.0 Å². The van der Waals surface area contributed by atoms with E-state index in [2.05, 4.69) is 5.32 Å². The Morgan fingerprint density at radius 2 is 1.62 bits per heavy atom. The number of carbonyl (C=O) groups is 1. The summed E-state index contributed by atoms with van der Waals surface area (Å²) in [6.45, 7) is 0. The molecule has 2 aromatic rings. The third-order valence-corrected chi connectivity index (χ3v) is 2.89. The maximum atomic E-state index is 12.1. The van der Waals surface area contributed by atoms with Gasteiger partial charge in [0.25, 0.3) is 5.91 Å². The molecule has 6 heteroatoms. The number of benzene rings is 2. The fourth-order valence-electron chi connectivity index (χ4n) is 1.87. The third-order valence-electron chi connectivity index (χ3n) is 2.89. The van der Waals surface area contributed by atoms with Gasteiger partial charge in [-0.3, -0.25) is 4.79 Å². The SMILES string of the molecule is COc1ccc(NC(=O)c2c(O)cccc2O)cc1OC. The molecule has 0 aliphatic carbocycles. The third kappa shape index (κ3) is 3.00. The van der Waals surface area contributed by atoms with Crippen LogP contribution in [0, 0.1) is 0 Å². The monoisotopic (exact) mass is 289 g/mol. The molecule has 21 heavy (non-hydrogen) atoms. The van der Waals surface area contributed by atoms with Gasteiger partial charge in [-0.05, 0) is 24.3 Å². The van der Waals surface area contributed by atoms with Crippen LogP contribution in [0.25, 0.3) is 0 Å². The van der Waals surface area contributed by atoms with E-state index in [9.17, 15) is 15.0 Å². The maximum Gasteiger partial charge on any atom is 0.263 e. The molecule has 0 aliphatic rings. The van der Waals surface area contributed by atoms with Gasteiger partial charge in [-0.25, -0.2) is 0 Å². The van der Waals surface area contributed by atoms with Crippen molar-refractivity contribution in [1.82, 2.24) is 0 Å². The fourth-order valence-corrected chi connectivity index (χ4v) is 1.87. The molecule has 0 aromatic heterocycles. The number of aromatic hydroxyl groups is 2. The van der Waals surface area contributed by atoms with Crippen molar-refractivity contribution in [2.45, 2.75) is 0 Å². The molecule has 6 nitrogen and oxygen atoms in total. The van der Waals surface area contributed by atoms with Crippen molar-refractivity contribution in [3.8, 4) is 23.0 Å². The molecule has 0 saturated heterocycles. The lowest BCUT2D eigenvalue weighted by molar-refractivity contribution is 0.102. The normalized spacial score (nSPS) is 10.0. The number of phenols is 2. The standard InChI is InChI=1S/C15H15NO5/c1-20-12-7-6-9(8-13(12)21-2)16-15(19)14-10(17)4-3-5-11(14)18/h3-8,17-18H,1-2H3,(H,16,19). The molecule has 0 unspecified atom stereocenters. The quantitative estimate of drug-likeness (QED) is 0.804. The molecule has 0 radical (unpaired) electrons. The van der Waals surface area contributed by atoms with Crippen LogP contribution in [0.3, 0.4) is 0 Å². The van der Waals surface area contributed by atoms with Crippen LogP contribution in [0.5, 0.6) is 23.0 Å². The van der Waals surface area contributed by atoms with Gasteiger partial charge in [-0.2, -0.15) is 0 Å². The molecule has 2 rings (SSSR count). The van der Waals surface area contributed by atoms with Crippen LogP contribution >= 0.6 is 0 Å². The summed E-state index contributed by atoms with van der Waals surface area (Å²) in [5.74, 6) is -0.239. The molecule has 0 aliphatic heterocycles. The minimum atomic E-state index is -0.627. The van der Waals surface area contributed by atoms with Gasteiger partial charge in [0, 0.05) is 11.8 Å². The largest absolute Gasteiger partial charge is 0.507 e. The van der Waals surface area contributed by atoms with Crippen molar-refractivity contribution < 1.29 is 24.5 Å². The van der Waals surface area contributed by atoms with E-state index in [0.717, 1.165) is 0 Å². The van der Waals surface area contributed by atoms with Gasteiger partial charge in [-0.15, -0.1) is 0 Å². The van der Waals surface area contributed by atoms with E-state index in [0.29, 0.717) is 17.2 Å². The predicted octanol–water partition coefficient (Wildman–Crippen LogP) is 2.37. The van der Waals surface area contributed by atoms with Crippen molar-refractivity contribution in [2.75, 3.05) is 19.5 Å². The Balaban J connectivity index is 2.28. The average molecular weight is 289 g/mol. The number of methoxy groups -OCH3 is 2. The zero-order valence-electron chi connectivity index (χ0n) is 11.6. The first kappa shape index (κ1) is 14.5. The molecule has 0 heterocycles. The van der Waals surface area contributed by atoms with E-state index >= 15 is 0 Å². The Morgan fingerprint density at radius 3 is 2.19 bits per heavy atom. The maximum absolute atomic E-state index is 12.1. The van der Waals surface area contributed by atoms with E-state index in [1.807, 2.05) is 0 Å². The fraction of sp³-hybridized carbons (Fsp3) is 0.133. The summed E-state index contributed by atoms with van der Waals surface area (Å²) in [6.07, 6.45) is 0. The molecule has 3 N–H and O–H groups in total. The number of rotatable bonds is 4. The highest BCUT2D eigenvalue weighted by Crippen LogP contribution is 2.31. The first-order chi connectivity index (χ1) is 10.1. The molecule has 110 valence electrons. The zero-order chi connectivity index (χ0) is 15.4. The number of hydrogen-bond acceptors (Lipinski definition) is 5. The highest BCUT2D eigenvalue weighted by Gasteiger charge is 2.16. The number of ether oxygens (including phenoxy) is 2. The van der Waals surface area contributed by atoms with Crippen LogP contribution in [0.2, 0.25) is 0 Å². The van der Waals surface area contributed by atoms with E-state index < -0.39 is 5.91 Å². The summed E-state index contributed by atoms with van der Waals surface area (Å²) < 4.78 is 10.2. The number of carbonyl (C=O) groups excluding carboxylic acids is 1. The Morgan fingerprint density at radius 1 is 1.00 bits per heavy atom. The molecule has 2 aromatic carbocycles. The highest BCUT2D eigenvalue weighted by molar-refractivity contribution is 6.08. The summed E-state index contributed by atoms with van der Waals surface area (Å²) in [5, 5.41) is 21.9. The summed E-state index contributed by atoms with van der Waals surface area (Å²) in [5.41, 5.74) is 0.257. The van der Waals surface area contributed by atoms with E-state index in [4.69, 9.17) is 9.47 Å². The molecular formula is C15H15NO5. The Hall–Kier alpha value is -2.89. The molecule has 0 spiro atoms. The molecular weight excluding hydrogens is 274 g/mol. The number of hydrogen-bond donors (Lipinski definition) is 3. The van der Waals surface area contributed by atoms with Gasteiger partial charge < -0.3 is 25.0 Å². The lowest BCUT2D eigenvalue weighted by Gasteiger charge is -2.11. The van der Waals surface area contributed by atoms with Gasteiger partial charge in [0.2, 0.25) is 0 Å². The van der Waals surface area contributed by atoms with Crippen LogP contribution in [0.4, 0.5) is 5.69 Å². The molecule has 0 bridgehead atoms. The van der Waals surface area contributed by atoms with E-state index in [-0.39, 0.29) is 17.1 Å². The number of amides is 1. The van der Waals surface area contributed by atoms with Crippen molar-refractivity contribution in [3.63, 3.8) is 0 Å². The minimum Gasteiger partial charge on any atom is -0.507 e. The van der Waals surface area contributed by atoms with Crippen LogP contribution in [0.15, 0.2) is 36.4 Å². The van der Waals surface area contributed by atoms with Gasteiger partial charge in [-0.1, -0.05) is 6.07 Å². The second-order valence-electron chi connectivity index (χ2n) is 4.20. The molecule has 1 amide bonds. The predicted molar refractivity (Wildman–Crippen MR) is 77.3 cm³/mol. The van der Waals surface area contributed by atoms with E-state index in [1.54, 1.807) is 18.2 Å². The first-order valence-corrected chi connectivity index (χ1v) is 6.11. The van der Waals surface area contributed by atoms with Crippen molar-refractivity contribution in [2.24, 2.45) is 0 Å². The Kier molecular flexibility index (Phi) is 4.18. The first-order valence-electron chi connectivity index (χ1n) is 6.11. The lowest BCUT2D eigenvalue weighted by atomic mass is 10.1. The van der Waals surface area contributed by atoms with Crippen molar-refractivity contribution >= 4 is 11.6 Å². The highest BCUT2D eigenvalue weighted by atomic mass is 16.5. The van der Waals surface area contributed by atoms with Gasteiger partial charge in [0.15, 0.2) is 11.5 Å². The Bertz CT molecular complexity index is 649. The molecule has 0 atom stereocenters. The van der Waals surface area contributed by atoms with Gasteiger partial charge in [0.05, 0.1) is 14.2 Å². The number of anilines is 1. The van der Waals surface area contributed by atoms with E-state index in [1.165, 1.54) is 32.4 Å². The molecule has 0 fully saturated rings. The molecule has 0 saturated carbocycles. The van der Waals surface area contributed by atoms with Crippen LogP contribution in [-0.4, -0.2) is 30.3 Å². The topological polar surface area (TPSA) is 88.0 Å². The minimum absolute atomic E-state index is 0.188. The van der Waals surface area contributed by atoms with Gasteiger partial charge in [0.1, 0.15) is 17.1 Å². The summed E-state index contributed by atoms with van der Waals surface area (Å²) in [4.78, 5) is 12.1. The zero-order valence-corrected chi connectivity index (χ0v) is 11.6.